The molecule has 0 N–H and O–H groups in total. The first-order valence-corrected chi connectivity index (χ1v) is 8.21. The van der Waals surface area contributed by atoms with Crippen molar-refractivity contribution in [3.05, 3.63) is 27.7 Å². The summed E-state index contributed by atoms with van der Waals surface area (Å²) < 4.78 is 5.20. The van der Waals surface area contributed by atoms with Gasteiger partial charge >= 0.3 is 0 Å². The van der Waals surface area contributed by atoms with E-state index in [2.05, 4.69) is 29.8 Å². The van der Waals surface area contributed by atoms with Crippen LogP contribution in [0.3, 0.4) is 0 Å². The van der Waals surface area contributed by atoms with E-state index in [-0.39, 0.29) is 4.83 Å². The van der Waals surface area contributed by atoms with E-state index in [0.29, 0.717) is 27.1 Å². The van der Waals surface area contributed by atoms with Gasteiger partial charge in [0, 0.05) is 15.9 Å². The van der Waals surface area contributed by atoms with Gasteiger partial charge in [0.25, 0.3) is 0 Å². The highest BCUT2D eigenvalue weighted by Crippen LogP contribution is 2.53. The number of halogens is 3. The van der Waals surface area contributed by atoms with Gasteiger partial charge in [-0.25, -0.2) is 0 Å². The molecule has 2 unspecified atom stereocenters. The van der Waals surface area contributed by atoms with Crippen LogP contribution in [0.15, 0.2) is 12.1 Å². The van der Waals surface area contributed by atoms with Crippen LogP contribution in [0.1, 0.15) is 43.5 Å². The first-order chi connectivity index (χ1) is 8.86. The summed E-state index contributed by atoms with van der Waals surface area (Å²) in [6, 6.07) is 3.73. The zero-order valence-corrected chi connectivity index (χ0v) is 14.6. The Bertz CT molecular complexity index is 473. The van der Waals surface area contributed by atoms with Gasteiger partial charge in [0.1, 0.15) is 5.75 Å². The third-order valence-electron chi connectivity index (χ3n) is 4.26. The third-order valence-corrected chi connectivity index (χ3v) is 6.02. The molecular weight excluding hydrogens is 347 g/mol. The van der Waals surface area contributed by atoms with E-state index in [1.165, 1.54) is 19.3 Å². The molecule has 1 saturated carbocycles. The number of rotatable bonds is 3. The molecule has 2 rings (SSSR count). The number of hydrogen-bond donors (Lipinski definition) is 0. The van der Waals surface area contributed by atoms with Crippen LogP contribution in [0.2, 0.25) is 10.0 Å². The monoisotopic (exact) mass is 364 g/mol. The fourth-order valence-corrected chi connectivity index (χ4v) is 5.04. The second-order valence-corrected chi connectivity index (χ2v) is 7.70. The van der Waals surface area contributed by atoms with Crippen molar-refractivity contribution in [2.45, 2.75) is 37.9 Å². The van der Waals surface area contributed by atoms with Gasteiger partial charge in [0.2, 0.25) is 0 Å². The van der Waals surface area contributed by atoms with E-state index in [0.717, 1.165) is 5.56 Å². The molecule has 1 fully saturated rings. The molecule has 1 aromatic rings. The molecule has 0 bridgehead atoms. The number of ether oxygens (including phenoxy) is 1. The Balaban J connectivity index is 2.34. The summed E-state index contributed by atoms with van der Waals surface area (Å²) >= 11 is 16.4. The first kappa shape index (κ1) is 15.5. The SMILES string of the molecule is COc1cc(Cl)c(C(Br)C2CCCC2(C)C)cc1Cl. The number of methoxy groups -OCH3 is 1. The summed E-state index contributed by atoms with van der Waals surface area (Å²) in [6.45, 7) is 4.66. The fourth-order valence-electron chi connectivity index (χ4n) is 3.02. The van der Waals surface area contributed by atoms with Crippen molar-refractivity contribution >= 4 is 39.1 Å². The molecule has 106 valence electrons. The molecule has 1 aliphatic rings. The topological polar surface area (TPSA) is 9.23 Å². The number of benzene rings is 1. The van der Waals surface area contributed by atoms with Crippen LogP contribution >= 0.6 is 39.1 Å². The Morgan fingerprint density at radius 3 is 2.53 bits per heavy atom. The second kappa shape index (κ2) is 5.83. The Labute approximate surface area is 133 Å². The van der Waals surface area contributed by atoms with Gasteiger partial charge in [0.05, 0.1) is 12.1 Å². The standard InChI is InChI=1S/C15H19BrCl2O/c1-15(2)6-4-5-10(15)14(16)9-7-12(18)13(19-3)8-11(9)17/h7-8,10,14H,4-6H2,1-3H3. The molecule has 1 aromatic carbocycles. The quantitative estimate of drug-likeness (QED) is 0.574. The Hall–Kier alpha value is 0.0800. The predicted octanol–water partition coefficient (Wildman–Crippen LogP) is 6.26. The molecular formula is C15H19BrCl2O. The first-order valence-electron chi connectivity index (χ1n) is 6.54. The van der Waals surface area contributed by atoms with Crippen LogP contribution in [-0.2, 0) is 0 Å². The zero-order chi connectivity index (χ0) is 14.2. The molecule has 0 radical (unpaired) electrons. The van der Waals surface area contributed by atoms with Crippen LogP contribution in [0.5, 0.6) is 5.75 Å². The van der Waals surface area contributed by atoms with Crippen molar-refractivity contribution in [2.75, 3.05) is 7.11 Å². The lowest BCUT2D eigenvalue weighted by molar-refractivity contribution is 0.257. The van der Waals surface area contributed by atoms with Crippen LogP contribution in [0.4, 0.5) is 0 Å². The van der Waals surface area contributed by atoms with Gasteiger partial charge in [-0.3, -0.25) is 0 Å². The second-order valence-electron chi connectivity index (χ2n) is 5.90. The van der Waals surface area contributed by atoms with Crippen molar-refractivity contribution in [3.8, 4) is 5.75 Å². The molecule has 1 nitrogen and oxygen atoms in total. The molecule has 0 spiro atoms. The van der Waals surface area contributed by atoms with E-state index < -0.39 is 0 Å². The van der Waals surface area contributed by atoms with E-state index >= 15 is 0 Å². The van der Waals surface area contributed by atoms with Gasteiger partial charge in [-0.15, -0.1) is 0 Å². The lowest BCUT2D eigenvalue weighted by Crippen LogP contribution is -2.21. The van der Waals surface area contributed by atoms with Gasteiger partial charge in [-0.2, -0.15) is 0 Å². The largest absolute Gasteiger partial charge is 0.495 e. The minimum Gasteiger partial charge on any atom is -0.495 e. The number of alkyl halides is 1. The van der Waals surface area contributed by atoms with E-state index in [1.54, 1.807) is 13.2 Å². The maximum atomic E-state index is 6.38. The summed E-state index contributed by atoms with van der Waals surface area (Å²) in [4.78, 5) is 0.237. The van der Waals surface area contributed by atoms with Crippen molar-refractivity contribution in [2.24, 2.45) is 11.3 Å². The summed E-state index contributed by atoms with van der Waals surface area (Å²) in [5.74, 6) is 1.20. The van der Waals surface area contributed by atoms with Gasteiger partial charge in [-0.1, -0.05) is 59.4 Å². The van der Waals surface area contributed by atoms with Crippen LogP contribution in [0.25, 0.3) is 0 Å². The third kappa shape index (κ3) is 3.06. The number of hydrogen-bond acceptors (Lipinski definition) is 1. The van der Waals surface area contributed by atoms with Gasteiger partial charge < -0.3 is 4.74 Å². The lowest BCUT2D eigenvalue weighted by atomic mass is 9.78. The molecule has 1 aliphatic carbocycles. The van der Waals surface area contributed by atoms with Gasteiger partial charge in [-0.05, 0) is 35.8 Å². The molecule has 19 heavy (non-hydrogen) atoms. The maximum Gasteiger partial charge on any atom is 0.138 e. The molecule has 2 atom stereocenters. The summed E-state index contributed by atoms with van der Waals surface area (Å²) in [5.41, 5.74) is 1.40. The highest BCUT2D eigenvalue weighted by atomic mass is 79.9. The Kier molecular flexibility index (Phi) is 4.75. The van der Waals surface area contributed by atoms with Crippen molar-refractivity contribution in [1.29, 1.82) is 0 Å². The normalized spacial score (nSPS) is 23.4. The Morgan fingerprint density at radius 1 is 1.32 bits per heavy atom. The van der Waals surface area contributed by atoms with Crippen molar-refractivity contribution in [1.82, 2.24) is 0 Å². The highest BCUT2D eigenvalue weighted by molar-refractivity contribution is 9.09. The predicted molar refractivity (Wildman–Crippen MR) is 85.8 cm³/mol. The molecule has 0 amide bonds. The van der Waals surface area contributed by atoms with E-state index in [4.69, 9.17) is 27.9 Å². The average molecular weight is 366 g/mol. The molecule has 0 heterocycles. The smallest absolute Gasteiger partial charge is 0.138 e. The molecule has 0 saturated heterocycles. The van der Waals surface area contributed by atoms with Gasteiger partial charge in [0.15, 0.2) is 0 Å². The minimum absolute atomic E-state index is 0.237. The molecule has 0 aromatic heterocycles. The average Bonchev–Trinajstić information content (AvgIpc) is 2.70. The summed E-state index contributed by atoms with van der Waals surface area (Å²) in [6.07, 6.45) is 3.77. The molecule has 4 heteroatoms. The zero-order valence-electron chi connectivity index (χ0n) is 11.5. The van der Waals surface area contributed by atoms with Crippen LogP contribution < -0.4 is 4.74 Å². The lowest BCUT2D eigenvalue weighted by Gasteiger charge is -2.31. The van der Waals surface area contributed by atoms with E-state index in [1.807, 2.05) is 6.07 Å². The maximum absolute atomic E-state index is 6.38. The summed E-state index contributed by atoms with van der Waals surface area (Å²) in [7, 11) is 1.60. The molecule has 0 aliphatic heterocycles. The minimum atomic E-state index is 0.237. The van der Waals surface area contributed by atoms with Crippen LogP contribution in [-0.4, -0.2) is 7.11 Å². The fraction of sp³-hybridized carbons (Fsp3) is 0.600. The highest BCUT2D eigenvalue weighted by Gasteiger charge is 2.39. The summed E-state index contributed by atoms with van der Waals surface area (Å²) in [5, 5.41) is 1.33. The Morgan fingerprint density at radius 2 is 2.00 bits per heavy atom. The van der Waals surface area contributed by atoms with Crippen molar-refractivity contribution in [3.63, 3.8) is 0 Å². The van der Waals surface area contributed by atoms with Crippen LogP contribution in [0, 0.1) is 11.3 Å². The van der Waals surface area contributed by atoms with E-state index in [9.17, 15) is 0 Å². The van der Waals surface area contributed by atoms with Crippen molar-refractivity contribution < 1.29 is 4.74 Å².